The molecule has 0 aromatic carbocycles. The first-order valence-corrected chi connectivity index (χ1v) is 20.3. The molecule has 0 aliphatic heterocycles. The highest BCUT2D eigenvalue weighted by molar-refractivity contribution is 5.70. The SMILES string of the molecule is CCCCCCCC/C=C\CCCCCCCC(=O)OCC(CCCC)OC(=O)CCCCCCC/C=C\CCCCCCCC. The van der Waals surface area contributed by atoms with Crippen molar-refractivity contribution in [2.24, 2.45) is 0 Å². The summed E-state index contributed by atoms with van der Waals surface area (Å²) >= 11 is 0. The molecule has 270 valence electrons. The van der Waals surface area contributed by atoms with E-state index in [2.05, 4.69) is 45.1 Å². The Balaban J connectivity index is 3.77. The summed E-state index contributed by atoms with van der Waals surface area (Å²) in [5, 5.41) is 0. The van der Waals surface area contributed by atoms with Gasteiger partial charge in [0.15, 0.2) is 0 Å². The summed E-state index contributed by atoms with van der Waals surface area (Å²) < 4.78 is 11.2. The van der Waals surface area contributed by atoms with Gasteiger partial charge < -0.3 is 9.47 Å². The van der Waals surface area contributed by atoms with Crippen LogP contribution in [-0.2, 0) is 19.1 Å². The Morgan fingerprint density at radius 1 is 0.435 bits per heavy atom. The Hall–Kier alpha value is -1.58. The van der Waals surface area contributed by atoms with Crippen LogP contribution in [0.1, 0.15) is 220 Å². The van der Waals surface area contributed by atoms with E-state index in [1.54, 1.807) is 0 Å². The second-order valence-electron chi connectivity index (χ2n) is 13.6. The summed E-state index contributed by atoms with van der Waals surface area (Å²) in [7, 11) is 0. The van der Waals surface area contributed by atoms with E-state index >= 15 is 0 Å². The van der Waals surface area contributed by atoms with E-state index in [1.165, 1.54) is 141 Å². The first kappa shape index (κ1) is 44.4. The topological polar surface area (TPSA) is 52.6 Å². The minimum atomic E-state index is -0.311. The molecule has 1 unspecified atom stereocenters. The van der Waals surface area contributed by atoms with Crippen molar-refractivity contribution >= 4 is 11.9 Å². The molecule has 0 saturated carbocycles. The van der Waals surface area contributed by atoms with Gasteiger partial charge in [-0.3, -0.25) is 9.59 Å². The van der Waals surface area contributed by atoms with Crippen molar-refractivity contribution in [1.82, 2.24) is 0 Å². The highest BCUT2D eigenvalue weighted by atomic mass is 16.6. The van der Waals surface area contributed by atoms with Gasteiger partial charge in [-0.2, -0.15) is 0 Å². The lowest BCUT2D eigenvalue weighted by Crippen LogP contribution is -2.25. The minimum Gasteiger partial charge on any atom is -0.462 e. The average Bonchev–Trinajstić information content (AvgIpc) is 3.05. The number of ether oxygens (including phenoxy) is 2. The molecule has 0 spiro atoms. The summed E-state index contributed by atoms with van der Waals surface area (Å²) in [6.07, 6.45) is 45.1. The first-order valence-electron chi connectivity index (χ1n) is 20.3. The van der Waals surface area contributed by atoms with Crippen LogP contribution in [0.5, 0.6) is 0 Å². The summed E-state index contributed by atoms with van der Waals surface area (Å²) in [5.41, 5.74) is 0. The predicted octanol–water partition coefficient (Wildman–Crippen LogP) is 13.7. The summed E-state index contributed by atoms with van der Waals surface area (Å²) in [4.78, 5) is 24.7. The highest BCUT2D eigenvalue weighted by Crippen LogP contribution is 2.14. The normalized spacial score (nSPS) is 12.3. The molecule has 0 aromatic heterocycles. The number of esters is 2. The van der Waals surface area contributed by atoms with Crippen molar-refractivity contribution < 1.29 is 19.1 Å². The zero-order valence-electron chi connectivity index (χ0n) is 31.1. The Labute approximate surface area is 287 Å². The number of carbonyl (C=O) groups excluding carboxylic acids is 2. The molecule has 0 aromatic rings. The lowest BCUT2D eigenvalue weighted by Gasteiger charge is -2.18. The molecular weight excluding hydrogens is 568 g/mol. The fourth-order valence-corrected chi connectivity index (χ4v) is 5.79. The van der Waals surface area contributed by atoms with Crippen molar-refractivity contribution in [2.75, 3.05) is 6.61 Å². The Bertz CT molecular complexity index is 698. The zero-order chi connectivity index (χ0) is 33.6. The van der Waals surface area contributed by atoms with Gasteiger partial charge in [-0.15, -0.1) is 0 Å². The summed E-state index contributed by atoms with van der Waals surface area (Å²) in [6, 6.07) is 0. The summed E-state index contributed by atoms with van der Waals surface area (Å²) in [6.45, 7) is 6.86. The van der Waals surface area contributed by atoms with Crippen LogP contribution >= 0.6 is 0 Å². The first-order chi connectivity index (χ1) is 22.6. The Kier molecular flexibility index (Phi) is 36.6. The smallest absolute Gasteiger partial charge is 0.306 e. The molecule has 0 radical (unpaired) electrons. The van der Waals surface area contributed by atoms with Crippen LogP contribution in [0.15, 0.2) is 24.3 Å². The molecule has 0 amide bonds. The van der Waals surface area contributed by atoms with E-state index in [9.17, 15) is 9.59 Å². The van der Waals surface area contributed by atoms with E-state index < -0.39 is 0 Å². The molecule has 0 rings (SSSR count). The van der Waals surface area contributed by atoms with E-state index in [0.29, 0.717) is 12.8 Å². The monoisotopic (exact) mass is 647 g/mol. The van der Waals surface area contributed by atoms with Gasteiger partial charge in [-0.1, -0.05) is 154 Å². The minimum absolute atomic E-state index is 0.146. The molecule has 0 heterocycles. The molecule has 46 heavy (non-hydrogen) atoms. The zero-order valence-corrected chi connectivity index (χ0v) is 31.1. The lowest BCUT2D eigenvalue weighted by atomic mass is 10.1. The third-order valence-corrected chi connectivity index (χ3v) is 8.89. The third kappa shape index (κ3) is 35.3. The van der Waals surface area contributed by atoms with E-state index in [0.717, 1.165) is 44.9 Å². The lowest BCUT2D eigenvalue weighted by molar-refractivity contribution is -0.159. The van der Waals surface area contributed by atoms with Crippen LogP contribution in [0, 0.1) is 0 Å². The molecule has 4 heteroatoms. The second kappa shape index (κ2) is 37.9. The molecule has 0 aliphatic rings. The number of hydrogen-bond donors (Lipinski definition) is 0. The number of rotatable bonds is 36. The van der Waals surface area contributed by atoms with E-state index in [4.69, 9.17) is 9.47 Å². The van der Waals surface area contributed by atoms with Gasteiger partial charge in [0.05, 0.1) is 0 Å². The fourth-order valence-electron chi connectivity index (χ4n) is 5.79. The second-order valence-corrected chi connectivity index (χ2v) is 13.6. The van der Waals surface area contributed by atoms with Crippen LogP contribution in [0.2, 0.25) is 0 Å². The van der Waals surface area contributed by atoms with Gasteiger partial charge in [0.2, 0.25) is 0 Å². The van der Waals surface area contributed by atoms with E-state index in [-0.39, 0.29) is 24.6 Å². The third-order valence-electron chi connectivity index (χ3n) is 8.89. The average molecular weight is 647 g/mol. The predicted molar refractivity (Wildman–Crippen MR) is 199 cm³/mol. The molecular formula is C42H78O4. The number of carbonyl (C=O) groups is 2. The van der Waals surface area contributed by atoms with Gasteiger partial charge >= 0.3 is 11.9 Å². The van der Waals surface area contributed by atoms with Gasteiger partial charge in [0, 0.05) is 12.8 Å². The van der Waals surface area contributed by atoms with Crippen LogP contribution in [0.4, 0.5) is 0 Å². The number of unbranched alkanes of at least 4 members (excludes halogenated alkanes) is 23. The standard InChI is InChI=1S/C42H78O4/c1-4-7-10-12-14-16-18-20-22-24-26-28-30-32-34-37-41(43)45-39-40(36-9-6-3)46-42(44)38-35-33-31-29-27-25-23-21-19-17-15-13-11-8-5-2/h20-23,40H,4-19,24-39H2,1-3H3/b22-20-,23-21-. The van der Waals surface area contributed by atoms with Crippen LogP contribution in [-0.4, -0.2) is 24.6 Å². The number of allylic oxidation sites excluding steroid dienone is 4. The Morgan fingerprint density at radius 2 is 0.783 bits per heavy atom. The van der Waals surface area contributed by atoms with Gasteiger partial charge in [-0.05, 0) is 77.0 Å². The largest absolute Gasteiger partial charge is 0.462 e. The van der Waals surface area contributed by atoms with E-state index in [1.807, 2.05) is 0 Å². The van der Waals surface area contributed by atoms with Gasteiger partial charge in [0.1, 0.15) is 12.7 Å². The molecule has 1 atom stereocenters. The van der Waals surface area contributed by atoms with Crippen LogP contribution in [0.3, 0.4) is 0 Å². The quantitative estimate of drug-likeness (QED) is 0.0386. The van der Waals surface area contributed by atoms with Crippen LogP contribution < -0.4 is 0 Å². The number of hydrogen-bond acceptors (Lipinski definition) is 4. The highest BCUT2D eigenvalue weighted by Gasteiger charge is 2.16. The molecule has 0 aliphatic carbocycles. The van der Waals surface area contributed by atoms with Crippen LogP contribution in [0.25, 0.3) is 0 Å². The fraction of sp³-hybridized carbons (Fsp3) is 0.857. The van der Waals surface area contributed by atoms with Gasteiger partial charge in [0.25, 0.3) is 0 Å². The molecule has 0 N–H and O–H groups in total. The molecule has 0 saturated heterocycles. The van der Waals surface area contributed by atoms with Crippen molar-refractivity contribution in [3.8, 4) is 0 Å². The molecule has 0 fully saturated rings. The van der Waals surface area contributed by atoms with Crippen molar-refractivity contribution in [2.45, 2.75) is 226 Å². The summed E-state index contributed by atoms with van der Waals surface area (Å²) in [5.74, 6) is -0.306. The van der Waals surface area contributed by atoms with Gasteiger partial charge in [-0.25, -0.2) is 0 Å². The van der Waals surface area contributed by atoms with Crippen molar-refractivity contribution in [3.63, 3.8) is 0 Å². The maximum absolute atomic E-state index is 12.4. The van der Waals surface area contributed by atoms with Crippen molar-refractivity contribution in [1.29, 1.82) is 0 Å². The molecule has 4 nitrogen and oxygen atoms in total. The maximum atomic E-state index is 12.4. The molecule has 0 bridgehead atoms. The maximum Gasteiger partial charge on any atom is 0.306 e. The van der Waals surface area contributed by atoms with Crippen molar-refractivity contribution in [3.05, 3.63) is 24.3 Å². The Morgan fingerprint density at radius 3 is 1.20 bits per heavy atom.